The molecule has 2 amide bonds. The fraction of sp³-hybridized carbons (Fsp3) is 0.333. The lowest BCUT2D eigenvalue weighted by Crippen LogP contribution is -2.29. The second-order valence-corrected chi connectivity index (χ2v) is 6.66. The van der Waals surface area contributed by atoms with Crippen molar-refractivity contribution in [3.63, 3.8) is 0 Å². The van der Waals surface area contributed by atoms with Gasteiger partial charge in [-0.15, -0.1) is 0 Å². The molecule has 26 heavy (non-hydrogen) atoms. The smallest absolute Gasteiger partial charge is 0.226 e. The number of nitrogens with one attached hydrogen (secondary N) is 2. The Morgan fingerprint density at radius 1 is 1.00 bits per heavy atom. The van der Waals surface area contributed by atoms with Gasteiger partial charge in [0.05, 0.1) is 12.5 Å². The van der Waals surface area contributed by atoms with Crippen LogP contribution in [0.15, 0.2) is 54.6 Å². The first-order valence-electron chi connectivity index (χ1n) is 9.09. The Morgan fingerprint density at radius 2 is 1.65 bits per heavy atom. The molecule has 0 aliphatic carbocycles. The molecule has 0 spiro atoms. The van der Waals surface area contributed by atoms with Crippen LogP contribution in [-0.4, -0.2) is 24.9 Å². The SMILES string of the molecule is CC(=O)NC(CC(=O)Nc1ccc(N2CCCC2)cc1)c1ccccc1. The predicted octanol–water partition coefficient (Wildman–Crippen LogP) is 3.49. The Labute approximate surface area is 154 Å². The van der Waals surface area contributed by atoms with Gasteiger partial charge in [-0.1, -0.05) is 30.3 Å². The molecule has 5 heteroatoms. The minimum Gasteiger partial charge on any atom is -0.372 e. The van der Waals surface area contributed by atoms with Gasteiger partial charge >= 0.3 is 0 Å². The second kappa shape index (κ2) is 8.52. The molecule has 2 aromatic rings. The van der Waals surface area contributed by atoms with Crippen LogP contribution >= 0.6 is 0 Å². The third-order valence-corrected chi connectivity index (χ3v) is 4.59. The lowest BCUT2D eigenvalue weighted by atomic mass is 10.0. The normalized spacial score (nSPS) is 14.7. The van der Waals surface area contributed by atoms with Crippen LogP contribution in [-0.2, 0) is 9.59 Å². The van der Waals surface area contributed by atoms with Gasteiger partial charge in [0.2, 0.25) is 11.8 Å². The van der Waals surface area contributed by atoms with E-state index in [0.29, 0.717) is 0 Å². The average Bonchev–Trinajstić information content (AvgIpc) is 3.17. The zero-order valence-electron chi connectivity index (χ0n) is 15.1. The van der Waals surface area contributed by atoms with Crippen molar-refractivity contribution in [3.05, 3.63) is 60.2 Å². The van der Waals surface area contributed by atoms with E-state index < -0.39 is 0 Å². The van der Waals surface area contributed by atoms with E-state index in [1.807, 2.05) is 54.6 Å². The molecule has 1 heterocycles. The average molecular weight is 351 g/mol. The zero-order chi connectivity index (χ0) is 18.4. The van der Waals surface area contributed by atoms with Gasteiger partial charge in [-0.3, -0.25) is 9.59 Å². The van der Waals surface area contributed by atoms with Crippen LogP contribution in [0.3, 0.4) is 0 Å². The maximum absolute atomic E-state index is 12.4. The summed E-state index contributed by atoms with van der Waals surface area (Å²) in [6, 6.07) is 17.2. The highest BCUT2D eigenvalue weighted by Crippen LogP contribution is 2.23. The number of carbonyl (C=O) groups is 2. The molecular formula is C21H25N3O2. The van der Waals surface area contributed by atoms with Crippen LogP contribution in [0.2, 0.25) is 0 Å². The number of anilines is 2. The van der Waals surface area contributed by atoms with E-state index >= 15 is 0 Å². The van der Waals surface area contributed by atoms with Crippen molar-refractivity contribution in [2.75, 3.05) is 23.3 Å². The molecule has 1 fully saturated rings. The molecule has 1 aliphatic rings. The Balaban J connectivity index is 1.61. The highest BCUT2D eigenvalue weighted by atomic mass is 16.2. The minimum atomic E-state index is -0.336. The predicted molar refractivity (Wildman–Crippen MR) is 104 cm³/mol. The van der Waals surface area contributed by atoms with Gasteiger partial charge in [0.1, 0.15) is 0 Å². The van der Waals surface area contributed by atoms with Crippen molar-refractivity contribution in [2.24, 2.45) is 0 Å². The van der Waals surface area contributed by atoms with E-state index in [1.165, 1.54) is 25.5 Å². The second-order valence-electron chi connectivity index (χ2n) is 6.66. The fourth-order valence-electron chi connectivity index (χ4n) is 3.31. The summed E-state index contributed by atoms with van der Waals surface area (Å²) < 4.78 is 0. The summed E-state index contributed by atoms with van der Waals surface area (Å²) in [6.07, 6.45) is 2.67. The molecular weight excluding hydrogens is 326 g/mol. The molecule has 0 aromatic heterocycles. The third kappa shape index (κ3) is 4.85. The minimum absolute atomic E-state index is 0.124. The Morgan fingerprint density at radius 3 is 2.27 bits per heavy atom. The van der Waals surface area contributed by atoms with Gasteiger partial charge in [0.25, 0.3) is 0 Å². The monoisotopic (exact) mass is 351 g/mol. The first kappa shape index (κ1) is 18.0. The van der Waals surface area contributed by atoms with Crippen molar-refractivity contribution in [3.8, 4) is 0 Å². The topological polar surface area (TPSA) is 61.4 Å². The number of rotatable bonds is 6. The summed E-state index contributed by atoms with van der Waals surface area (Å²) in [4.78, 5) is 26.3. The molecule has 1 atom stereocenters. The van der Waals surface area contributed by atoms with Gasteiger partial charge in [-0.25, -0.2) is 0 Å². The standard InChI is InChI=1S/C21H25N3O2/c1-16(25)22-20(17-7-3-2-4-8-17)15-21(26)23-18-9-11-19(12-10-18)24-13-5-6-14-24/h2-4,7-12,20H,5-6,13-15H2,1H3,(H,22,25)(H,23,26). The van der Waals surface area contributed by atoms with Crippen LogP contribution in [0.5, 0.6) is 0 Å². The van der Waals surface area contributed by atoms with Crippen LogP contribution in [0.25, 0.3) is 0 Å². The molecule has 1 aliphatic heterocycles. The van der Waals surface area contributed by atoms with E-state index in [-0.39, 0.29) is 24.3 Å². The van der Waals surface area contributed by atoms with E-state index in [0.717, 1.165) is 24.3 Å². The summed E-state index contributed by atoms with van der Waals surface area (Å²) >= 11 is 0. The summed E-state index contributed by atoms with van der Waals surface area (Å²) in [5.41, 5.74) is 2.88. The molecule has 1 saturated heterocycles. The Kier molecular flexibility index (Phi) is 5.89. The van der Waals surface area contributed by atoms with Crippen LogP contribution in [0.4, 0.5) is 11.4 Å². The van der Waals surface area contributed by atoms with Crippen molar-refractivity contribution < 1.29 is 9.59 Å². The van der Waals surface area contributed by atoms with E-state index in [9.17, 15) is 9.59 Å². The van der Waals surface area contributed by atoms with Gasteiger partial charge in [-0.05, 0) is 42.7 Å². The van der Waals surface area contributed by atoms with E-state index in [2.05, 4.69) is 15.5 Å². The molecule has 0 bridgehead atoms. The van der Waals surface area contributed by atoms with Gasteiger partial charge in [0, 0.05) is 31.4 Å². The van der Waals surface area contributed by atoms with Gasteiger partial charge < -0.3 is 15.5 Å². The quantitative estimate of drug-likeness (QED) is 0.837. The summed E-state index contributed by atoms with van der Waals surface area (Å²) in [7, 11) is 0. The highest BCUT2D eigenvalue weighted by Gasteiger charge is 2.17. The van der Waals surface area contributed by atoms with Gasteiger partial charge in [-0.2, -0.15) is 0 Å². The number of nitrogens with zero attached hydrogens (tertiary/aromatic N) is 1. The molecule has 5 nitrogen and oxygen atoms in total. The van der Waals surface area contributed by atoms with E-state index in [1.54, 1.807) is 0 Å². The summed E-state index contributed by atoms with van der Waals surface area (Å²) in [5, 5.41) is 5.78. The van der Waals surface area contributed by atoms with Crippen LogP contribution in [0, 0.1) is 0 Å². The largest absolute Gasteiger partial charge is 0.372 e. The van der Waals surface area contributed by atoms with Crippen molar-refractivity contribution >= 4 is 23.2 Å². The first-order chi connectivity index (χ1) is 12.6. The van der Waals surface area contributed by atoms with Crippen LogP contribution < -0.4 is 15.5 Å². The fourth-order valence-corrected chi connectivity index (χ4v) is 3.31. The number of carbonyl (C=O) groups excluding carboxylic acids is 2. The summed E-state index contributed by atoms with van der Waals surface area (Å²) in [6.45, 7) is 3.66. The Hall–Kier alpha value is -2.82. The van der Waals surface area contributed by atoms with Gasteiger partial charge in [0.15, 0.2) is 0 Å². The number of hydrogen-bond donors (Lipinski definition) is 2. The molecule has 2 N–H and O–H groups in total. The molecule has 136 valence electrons. The van der Waals surface area contributed by atoms with Crippen molar-refractivity contribution in [1.29, 1.82) is 0 Å². The van der Waals surface area contributed by atoms with Crippen molar-refractivity contribution in [2.45, 2.75) is 32.2 Å². The lowest BCUT2D eigenvalue weighted by Gasteiger charge is -2.19. The third-order valence-electron chi connectivity index (χ3n) is 4.59. The maximum Gasteiger partial charge on any atom is 0.226 e. The number of hydrogen-bond acceptors (Lipinski definition) is 3. The molecule has 3 rings (SSSR count). The zero-order valence-corrected chi connectivity index (χ0v) is 15.1. The summed E-state index contributed by atoms with van der Waals surface area (Å²) in [5.74, 6) is -0.275. The first-order valence-corrected chi connectivity index (χ1v) is 9.09. The molecule has 1 unspecified atom stereocenters. The number of benzene rings is 2. The Bertz CT molecular complexity index is 738. The molecule has 0 radical (unpaired) electrons. The number of amides is 2. The molecule has 0 saturated carbocycles. The van der Waals surface area contributed by atoms with Crippen LogP contribution in [0.1, 0.15) is 37.8 Å². The molecule has 2 aromatic carbocycles. The van der Waals surface area contributed by atoms with E-state index in [4.69, 9.17) is 0 Å². The lowest BCUT2D eigenvalue weighted by molar-refractivity contribution is -0.120. The van der Waals surface area contributed by atoms with Crippen molar-refractivity contribution in [1.82, 2.24) is 5.32 Å². The maximum atomic E-state index is 12.4. The highest BCUT2D eigenvalue weighted by molar-refractivity contribution is 5.91.